The minimum Gasteiger partial charge on any atom is -0.324 e. The van der Waals surface area contributed by atoms with Crippen LogP contribution in [0.1, 0.15) is 44.2 Å². The second-order valence-electron chi connectivity index (χ2n) is 3.49. The lowest BCUT2D eigenvalue weighted by Crippen LogP contribution is -2.12. The van der Waals surface area contributed by atoms with Gasteiger partial charge in [0, 0.05) is 17.8 Å². The fourth-order valence-electron chi connectivity index (χ4n) is 1.44. The molecule has 0 saturated carbocycles. The van der Waals surface area contributed by atoms with Gasteiger partial charge in [-0.15, -0.1) is 0 Å². The quantitative estimate of drug-likeness (QED) is 0.581. The second kappa shape index (κ2) is 5.70. The van der Waals surface area contributed by atoms with E-state index in [1.807, 2.05) is 0 Å². The Morgan fingerprint density at radius 3 is 2.93 bits per heavy atom. The number of rotatable bonds is 5. The van der Waals surface area contributed by atoms with Crippen molar-refractivity contribution in [1.29, 1.82) is 0 Å². The maximum absolute atomic E-state index is 13.2. The van der Waals surface area contributed by atoms with Crippen molar-refractivity contribution in [1.82, 2.24) is 4.98 Å². The fraction of sp³-hybridized carbons (Fsp3) is 0.545. The predicted octanol–water partition coefficient (Wildman–Crippen LogP) is 2.80. The molecule has 1 heterocycles. The Labute approximate surface area is 84.3 Å². The van der Waals surface area contributed by atoms with Crippen LogP contribution in [0.5, 0.6) is 0 Å². The Morgan fingerprint density at radius 1 is 1.50 bits per heavy atom. The molecule has 0 amide bonds. The van der Waals surface area contributed by atoms with Gasteiger partial charge >= 0.3 is 0 Å². The number of unbranched alkanes of at least 4 members (excludes halogenated alkanes) is 2. The standard InChI is InChI=1S/C11H17FN2/c1-2-3-4-7-10(13)9-6-5-8-14-11(9)12/h5-6,8,10H,2-4,7,13H2,1H3/t10-/m1/s1. The van der Waals surface area contributed by atoms with Crippen LogP contribution in [0.4, 0.5) is 4.39 Å². The highest BCUT2D eigenvalue weighted by atomic mass is 19.1. The number of nitrogens with zero attached hydrogens (tertiary/aromatic N) is 1. The molecular weight excluding hydrogens is 179 g/mol. The Morgan fingerprint density at radius 2 is 2.29 bits per heavy atom. The van der Waals surface area contributed by atoms with Gasteiger partial charge in [-0.1, -0.05) is 32.3 Å². The second-order valence-corrected chi connectivity index (χ2v) is 3.49. The van der Waals surface area contributed by atoms with Gasteiger partial charge in [-0.3, -0.25) is 0 Å². The molecule has 1 atom stereocenters. The van der Waals surface area contributed by atoms with Crippen LogP contribution >= 0.6 is 0 Å². The van der Waals surface area contributed by atoms with Gasteiger partial charge in [0.05, 0.1) is 0 Å². The maximum atomic E-state index is 13.2. The van der Waals surface area contributed by atoms with Crippen LogP contribution in [0, 0.1) is 5.95 Å². The lowest BCUT2D eigenvalue weighted by atomic mass is 10.0. The van der Waals surface area contributed by atoms with Crippen LogP contribution in [-0.4, -0.2) is 4.98 Å². The van der Waals surface area contributed by atoms with Crippen LogP contribution in [0.2, 0.25) is 0 Å². The molecule has 0 bridgehead atoms. The highest BCUT2D eigenvalue weighted by Crippen LogP contribution is 2.18. The van der Waals surface area contributed by atoms with Gasteiger partial charge < -0.3 is 5.73 Å². The van der Waals surface area contributed by atoms with Gasteiger partial charge in [-0.05, 0) is 12.5 Å². The molecule has 0 aromatic carbocycles. The van der Waals surface area contributed by atoms with Crippen molar-refractivity contribution in [2.75, 3.05) is 0 Å². The molecule has 0 saturated heterocycles. The average molecular weight is 196 g/mol. The van der Waals surface area contributed by atoms with E-state index in [9.17, 15) is 4.39 Å². The Hall–Kier alpha value is -0.960. The third-order valence-electron chi connectivity index (χ3n) is 2.31. The van der Waals surface area contributed by atoms with Gasteiger partial charge in [0.15, 0.2) is 0 Å². The first kappa shape index (κ1) is 11.1. The largest absolute Gasteiger partial charge is 0.324 e. The number of pyridine rings is 1. The number of hydrogen-bond donors (Lipinski definition) is 1. The molecule has 2 N–H and O–H groups in total. The van der Waals surface area contributed by atoms with Gasteiger partial charge in [-0.2, -0.15) is 4.39 Å². The third-order valence-corrected chi connectivity index (χ3v) is 2.31. The summed E-state index contributed by atoms with van der Waals surface area (Å²) in [5.74, 6) is -0.434. The monoisotopic (exact) mass is 196 g/mol. The molecule has 1 aromatic heterocycles. The number of nitrogens with two attached hydrogens (primary N) is 1. The van der Waals surface area contributed by atoms with Gasteiger partial charge in [-0.25, -0.2) is 4.98 Å². The molecule has 0 spiro atoms. The molecule has 0 aliphatic carbocycles. The smallest absolute Gasteiger partial charge is 0.217 e. The van der Waals surface area contributed by atoms with Crippen LogP contribution in [0.25, 0.3) is 0 Å². The fourth-order valence-corrected chi connectivity index (χ4v) is 1.44. The van der Waals surface area contributed by atoms with Gasteiger partial charge in [0.1, 0.15) is 0 Å². The highest BCUT2D eigenvalue weighted by molar-refractivity contribution is 5.14. The summed E-state index contributed by atoms with van der Waals surface area (Å²) in [6.07, 6.45) is 5.62. The third kappa shape index (κ3) is 3.07. The summed E-state index contributed by atoms with van der Waals surface area (Å²) in [5.41, 5.74) is 6.39. The van der Waals surface area contributed by atoms with Crippen LogP contribution in [0.15, 0.2) is 18.3 Å². The zero-order valence-corrected chi connectivity index (χ0v) is 8.54. The molecule has 0 aliphatic rings. The summed E-state index contributed by atoms with van der Waals surface area (Å²) in [7, 11) is 0. The Kier molecular flexibility index (Phi) is 4.53. The Bertz CT molecular complexity index is 276. The lowest BCUT2D eigenvalue weighted by Gasteiger charge is -2.11. The van der Waals surface area contributed by atoms with E-state index in [4.69, 9.17) is 5.73 Å². The highest BCUT2D eigenvalue weighted by Gasteiger charge is 2.10. The molecule has 78 valence electrons. The zero-order chi connectivity index (χ0) is 10.4. The van der Waals surface area contributed by atoms with Crippen molar-refractivity contribution in [2.24, 2.45) is 5.73 Å². The number of hydrogen-bond acceptors (Lipinski definition) is 2. The summed E-state index contributed by atoms with van der Waals surface area (Å²) < 4.78 is 13.2. The van der Waals surface area contributed by atoms with Crippen molar-refractivity contribution < 1.29 is 4.39 Å². The minimum atomic E-state index is -0.434. The van der Waals surface area contributed by atoms with E-state index >= 15 is 0 Å². The summed E-state index contributed by atoms with van der Waals surface area (Å²) in [5, 5.41) is 0. The van der Waals surface area contributed by atoms with E-state index < -0.39 is 5.95 Å². The van der Waals surface area contributed by atoms with Crippen molar-refractivity contribution in [3.05, 3.63) is 29.8 Å². The zero-order valence-electron chi connectivity index (χ0n) is 8.54. The van der Waals surface area contributed by atoms with Crippen LogP contribution in [0.3, 0.4) is 0 Å². The van der Waals surface area contributed by atoms with Gasteiger partial charge in [0.2, 0.25) is 5.95 Å². The summed E-state index contributed by atoms with van der Waals surface area (Å²) in [4.78, 5) is 3.58. The van der Waals surface area contributed by atoms with E-state index in [1.165, 1.54) is 6.20 Å². The SMILES string of the molecule is CCCCC[C@@H](N)c1cccnc1F. The molecule has 2 nitrogen and oxygen atoms in total. The molecule has 0 aliphatic heterocycles. The van der Waals surface area contributed by atoms with Crippen molar-refractivity contribution in [3.8, 4) is 0 Å². The molecular formula is C11H17FN2. The van der Waals surface area contributed by atoms with E-state index in [-0.39, 0.29) is 6.04 Å². The van der Waals surface area contributed by atoms with Crippen molar-refractivity contribution in [2.45, 2.75) is 38.6 Å². The molecule has 3 heteroatoms. The molecule has 1 aromatic rings. The molecule has 0 fully saturated rings. The van der Waals surface area contributed by atoms with E-state index in [0.29, 0.717) is 5.56 Å². The molecule has 14 heavy (non-hydrogen) atoms. The van der Waals surface area contributed by atoms with Crippen molar-refractivity contribution in [3.63, 3.8) is 0 Å². The first-order valence-electron chi connectivity index (χ1n) is 5.11. The topological polar surface area (TPSA) is 38.9 Å². The minimum absolute atomic E-state index is 0.213. The summed E-state index contributed by atoms with van der Waals surface area (Å²) in [6.45, 7) is 2.14. The Balaban J connectivity index is 2.51. The lowest BCUT2D eigenvalue weighted by molar-refractivity contribution is 0.517. The molecule has 0 unspecified atom stereocenters. The van der Waals surface area contributed by atoms with E-state index in [1.54, 1.807) is 12.1 Å². The van der Waals surface area contributed by atoms with Crippen LogP contribution in [-0.2, 0) is 0 Å². The van der Waals surface area contributed by atoms with Crippen LogP contribution < -0.4 is 5.73 Å². The van der Waals surface area contributed by atoms with E-state index in [0.717, 1.165) is 25.7 Å². The summed E-state index contributed by atoms with van der Waals surface area (Å²) in [6, 6.07) is 3.21. The van der Waals surface area contributed by atoms with Gasteiger partial charge in [0.25, 0.3) is 0 Å². The van der Waals surface area contributed by atoms with E-state index in [2.05, 4.69) is 11.9 Å². The normalized spacial score (nSPS) is 12.8. The summed E-state index contributed by atoms with van der Waals surface area (Å²) >= 11 is 0. The first-order chi connectivity index (χ1) is 6.75. The molecule has 1 rings (SSSR count). The number of halogens is 1. The molecule has 0 radical (unpaired) electrons. The average Bonchev–Trinajstić information content (AvgIpc) is 2.18. The van der Waals surface area contributed by atoms with Crippen molar-refractivity contribution >= 4 is 0 Å². The first-order valence-corrected chi connectivity index (χ1v) is 5.11. The maximum Gasteiger partial charge on any atom is 0.217 e. The number of aromatic nitrogens is 1. The predicted molar refractivity (Wildman–Crippen MR) is 55.3 cm³/mol.